The van der Waals surface area contributed by atoms with E-state index in [9.17, 15) is 4.79 Å². The van der Waals surface area contributed by atoms with E-state index in [-0.39, 0.29) is 12.5 Å². The average Bonchev–Trinajstić information content (AvgIpc) is 3.16. The number of pyridine rings is 2. The van der Waals surface area contributed by atoms with Crippen molar-refractivity contribution in [1.29, 1.82) is 0 Å². The molecular formula is C17H17ClN6O. The van der Waals surface area contributed by atoms with Gasteiger partial charge in [-0.2, -0.15) is 5.10 Å². The Bertz CT molecular complexity index is 848. The molecule has 3 aromatic rings. The Morgan fingerprint density at radius 2 is 2.16 bits per heavy atom. The minimum atomic E-state index is -0.0916. The van der Waals surface area contributed by atoms with E-state index in [2.05, 4.69) is 25.7 Å². The second-order valence-corrected chi connectivity index (χ2v) is 5.62. The highest BCUT2D eigenvalue weighted by molar-refractivity contribution is 6.33. The van der Waals surface area contributed by atoms with Crippen molar-refractivity contribution in [2.75, 3.05) is 18.4 Å². The smallest absolute Gasteiger partial charge is 0.239 e. The van der Waals surface area contributed by atoms with Crippen molar-refractivity contribution in [3.05, 3.63) is 54.1 Å². The van der Waals surface area contributed by atoms with Crippen molar-refractivity contribution in [3.8, 4) is 16.9 Å². The molecule has 0 aromatic carbocycles. The molecule has 3 rings (SSSR count). The molecule has 3 aromatic heterocycles. The molecule has 128 valence electrons. The summed E-state index contributed by atoms with van der Waals surface area (Å²) in [6.07, 6.45) is 6.80. The third-order valence-corrected chi connectivity index (χ3v) is 3.76. The van der Waals surface area contributed by atoms with Gasteiger partial charge in [-0.1, -0.05) is 11.6 Å². The second-order valence-electron chi connectivity index (χ2n) is 5.21. The van der Waals surface area contributed by atoms with Gasteiger partial charge in [-0.3, -0.25) is 4.79 Å². The van der Waals surface area contributed by atoms with E-state index in [0.717, 1.165) is 11.1 Å². The van der Waals surface area contributed by atoms with Crippen molar-refractivity contribution in [1.82, 2.24) is 25.1 Å². The quantitative estimate of drug-likeness (QED) is 0.709. The number of anilines is 1. The minimum absolute atomic E-state index is 0.0916. The summed E-state index contributed by atoms with van der Waals surface area (Å²) in [6, 6.07) is 7.41. The van der Waals surface area contributed by atoms with E-state index in [4.69, 9.17) is 11.6 Å². The Hall–Kier alpha value is -2.93. The molecule has 0 aliphatic carbocycles. The summed E-state index contributed by atoms with van der Waals surface area (Å²) in [4.78, 5) is 20.1. The lowest BCUT2D eigenvalue weighted by molar-refractivity contribution is -0.119. The number of aromatic nitrogens is 4. The molecule has 0 fully saturated rings. The fraction of sp³-hybridized carbons (Fsp3) is 0.176. The Morgan fingerprint density at radius 3 is 2.84 bits per heavy atom. The van der Waals surface area contributed by atoms with Crippen LogP contribution in [0.1, 0.15) is 6.92 Å². The predicted molar refractivity (Wildman–Crippen MR) is 96.8 cm³/mol. The number of hydrogen-bond donors (Lipinski definition) is 2. The molecule has 2 N–H and O–H groups in total. The third kappa shape index (κ3) is 4.13. The number of halogens is 1. The van der Waals surface area contributed by atoms with Crippen LogP contribution in [0, 0.1) is 0 Å². The number of carbonyl (C=O) groups excluding carboxylic acids is 1. The maximum atomic E-state index is 11.5. The van der Waals surface area contributed by atoms with Gasteiger partial charge >= 0.3 is 0 Å². The fourth-order valence-electron chi connectivity index (χ4n) is 2.27. The SMILES string of the molecule is CCNC(=O)CNc1cc(-c2ccc(-n3cccn3)nc2)c(Cl)cn1. The number of nitrogens with one attached hydrogen (secondary N) is 2. The van der Waals surface area contributed by atoms with Gasteiger partial charge in [0.05, 0.1) is 11.6 Å². The van der Waals surface area contributed by atoms with Crippen LogP contribution in [0.25, 0.3) is 16.9 Å². The van der Waals surface area contributed by atoms with Crippen LogP contribution in [0.3, 0.4) is 0 Å². The van der Waals surface area contributed by atoms with Gasteiger partial charge in [0.15, 0.2) is 5.82 Å². The van der Waals surface area contributed by atoms with E-state index in [1.165, 1.54) is 0 Å². The molecule has 0 radical (unpaired) electrons. The zero-order chi connectivity index (χ0) is 17.6. The Labute approximate surface area is 150 Å². The van der Waals surface area contributed by atoms with Crippen LogP contribution >= 0.6 is 11.6 Å². The molecule has 0 atom stereocenters. The van der Waals surface area contributed by atoms with Gasteiger partial charge in [0.25, 0.3) is 0 Å². The van der Waals surface area contributed by atoms with Gasteiger partial charge in [-0.15, -0.1) is 0 Å². The highest BCUT2D eigenvalue weighted by Crippen LogP contribution is 2.29. The molecule has 0 aliphatic rings. The summed E-state index contributed by atoms with van der Waals surface area (Å²) < 4.78 is 1.68. The first-order valence-corrected chi connectivity index (χ1v) is 8.17. The van der Waals surface area contributed by atoms with Crippen molar-refractivity contribution in [3.63, 3.8) is 0 Å². The lowest BCUT2D eigenvalue weighted by atomic mass is 10.1. The molecule has 25 heavy (non-hydrogen) atoms. The maximum absolute atomic E-state index is 11.5. The number of nitrogens with zero attached hydrogens (tertiary/aromatic N) is 4. The molecule has 0 saturated heterocycles. The molecule has 0 aliphatic heterocycles. The van der Waals surface area contributed by atoms with Gasteiger partial charge in [0.2, 0.25) is 5.91 Å². The predicted octanol–water partition coefficient (Wildman–Crippen LogP) is 2.53. The summed E-state index contributed by atoms with van der Waals surface area (Å²) in [7, 11) is 0. The standard InChI is InChI=1S/C17H17ClN6O/c1-2-19-17(25)11-21-15-8-13(14(18)10-20-15)12-4-5-16(22-9-12)24-7-3-6-23-24/h3-10H,2,11H2,1H3,(H,19,25)(H,20,21). The van der Waals surface area contributed by atoms with Crippen LogP contribution in [-0.4, -0.2) is 38.7 Å². The molecule has 0 spiro atoms. The molecule has 7 nitrogen and oxygen atoms in total. The number of hydrogen-bond acceptors (Lipinski definition) is 5. The first-order chi connectivity index (χ1) is 12.2. The topological polar surface area (TPSA) is 84.7 Å². The largest absolute Gasteiger partial charge is 0.361 e. The van der Waals surface area contributed by atoms with Crippen LogP contribution in [0.2, 0.25) is 5.02 Å². The van der Waals surface area contributed by atoms with Gasteiger partial charge < -0.3 is 10.6 Å². The minimum Gasteiger partial charge on any atom is -0.361 e. The van der Waals surface area contributed by atoms with Crippen molar-refractivity contribution < 1.29 is 4.79 Å². The summed E-state index contributed by atoms with van der Waals surface area (Å²) in [5, 5.41) is 10.4. The highest BCUT2D eigenvalue weighted by atomic mass is 35.5. The molecule has 0 unspecified atom stereocenters. The van der Waals surface area contributed by atoms with Crippen molar-refractivity contribution >= 4 is 23.3 Å². The summed E-state index contributed by atoms with van der Waals surface area (Å²) in [5.41, 5.74) is 1.64. The van der Waals surface area contributed by atoms with Crippen LogP contribution in [0.4, 0.5) is 5.82 Å². The molecule has 0 bridgehead atoms. The summed E-state index contributed by atoms with van der Waals surface area (Å²) in [5.74, 6) is 1.20. The Balaban J connectivity index is 1.79. The monoisotopic (exact) mass is 356 g/mol. The molecule has 3 heterocycles. The number of carbonyl (C=O) groups is 1. The molecule has 8 heteroatoms. The van der Waals surface area contributed by atoms with E-state index in [1.54, 1.807) is 29.3 Å². The van der Waals surface area contributed by atoms with E-state index < -0.39 is 0 Å². The van der Waals surface area contributed by atoms with E-state index in [1.807, 2.05) is 31.3 Å². The van der Waals surface area contributed by atoms with Crippen LogP contribution in [0.15, 0.2) is 49.1 Å². The average molecular weight is 357 g/mol. The number of likely N-dealkylation sites (N-methyl/N-ethyl adjacent to an activating group) is 1. The molecular weight excluding hydrogens is 340 g/mol. The first kappa shape index (κ1) is 16.9. The summed E-state index contributed by atoms with van der Waals surface area (Å²) in [6.45, 7) is 2.61. The summed E-state index contributed by atoms with van der Waals surface area (Å²) >= 11 is 6.27. The number of amides is 1. The molecule has 1 amide bonds. The zero-order valence-corrected chi connectivity index (χ0v) is 14.4. The zero-order valence-electron chi connectivity index (χ0n) is 13.6. The van der Waals surface area contributed by atoms with Crippen molar-refractivity contribution in [2.24, 2.45) is 0 Å². The van der Waals surface area contributed by atoms with Crippen molar-refractivity contribution in [2.45, 2.75) is 6.92 Å². The normalized spacial score (nSPS) is 10.5. The number of rotatable bonds is 6. The Morgan fingerprint density at radius 1 is 1.28 bits per heavy atom. The second kappa shape index (κ2) is 7.76. The van der Waals surface area contributed by atoms with Crippen LogP contribution in [-0.2, 0) is 4.79 Å². The molecule has 0 saturated carbocycles. The van der Waals surface area contributed by atoms with Gasteiger partial charge in [0, 0.05) is 42.5 Å². The van der Waals surface area contributed by atoms with E-state index >= 15 is 0 Å². The maximum Gasteiger partial charge on any atom is 0.239 e. The van der Waals surface area contributed by atoms with Gasteiger partial charge in [-0.05, 0) is 31.2 Å². The third-order valence-electron chi connectivity index (χ3n) is 3.46. The highest BCUT2D eigenvalue weighted by Gasteiger charge is 2.08. The van der Waals surface area contributed by atoms with E-state index in [0.29, 0.717) is 23.2 Å². The lowest BCUT2D eigenvalue weighted by Crippen LogP contribution is -2.29. The van der Waals surface area contributed by atoms with Crippen LogP contribution in [0.5, 0.6) is 0 Å². The van der Waals surface area contributed by atoms with Crippen LogP contribution < -0.4 is 10.6 Å². The Kier molecular flexibility index (Phi) is 5.25. The fourth-order valence-corrected chi connectivity index (χ4v) is 2.48. The first-order valence-electron chi connectivity index (χ1n) is 7.80. The van der Waals surface area contributed by atoms with Gasteiger partial charge in [-0.25, -0.2) is 14.6 Å². The lowest BCUT2D eigenvalue weighted by Gasteiger charge is -2.10. The van der Waals surface area contributed by atoms with Gasteiger partial charge in [0.1, 0.15) is 5.82 Å².